The Hall–Kier alpha value is -2.91. The average Bonchev–Trinajstić information content (AvgIpc) is 2.67. The van der Waals surface area contributed by atoms with Crippen LogP contribution in [0.4, 0.5) is 0 Å². The van der Waals surface area contributed by atoms with Crippen LogP contribution in [0.25, 0.3) is 0 Å². The van der Waals surface area contributed by atoms with Crippen LogP contribution in [0.3, 0.4) is 0 Å². The van der Waals surface area contributed by atoms with Crippen LogP contribution < -0.4 is 0 Å². The number of benzene rings is 3. The Morgan fingerprint density at radius 3 is 2.12 bits per heavy atom. The van der Waals surface area contributed by atoms with Crippen LogP contribution in [0.2, 0.25) is 5.02 Å². The Morgan fingerprint density at radius 2 is 1.38 bits per heavy atom. The highest BCUT2D eigenvalue weighted by atomic mass is 35.5. The van der Waals surface area contributed by atoms with Gasteiger partial charge in [0.2, 0.25) is 5.78 Å². The SMILES string of the molecule is O=C(COC(=O)c1ccccc1Cc1ccccc1)c1ccccc1Cl. The monoisotopic (exact) mass is 364 g/mol. The van der Waals surface area contributed by atoms with Crippen LogP contribution in [-0.2, 0) is 11.2 Å². The summed E-state index contributed by atoms with van der Waals surface area (Å²) in [7, 11) is 0. The molecule has 0 spiro atoms. The number of carbonyl (C=O) groups is 2. The van der Waals surface area contributed by atoms with Gasteiger partial charge in [0.25, 0.3) is 0 Å². The summed E-state index contributed by atoms with van der Waals surface area (Å²) in [6.07, 6.45) is 0.616. The molecule has 0 radical (unpaired) electrons. The van der Waals surface area contributed by atoms with Crippen molar-refractivity contribution in [3.63, 3.8) is 0 Å². The van der Waals surface area contributed by atoms with Gasteiger partial charge in [-0.3, -0.25) is 4.79 Å². The zero-order valence-electron chi connectivity index (χ0n) is 14.0. The number of hydrogen-bond acceptors (Lipinski definition) is 3. The van der Waals surface area contributed by atoms with Gasteiger partial charge in [-0.15, -0.1) is 0 Å². The molecule has 0 heterocycles. The maximum absolute atomic E-state index is 12.5. The molecule has 0 unspecified atom stereocenters. The number of esters is 1. The molecule has 0 saturated carbocycles. The number of rotatable bonds is 6. The predicted octanol–water partition coefficient (Wildman–Crippen LogP) is 4.97. The third-order valence-electron chi connectivity index (χ3n) is 3.98. The Balaban J connectivity index is 1.70. The minimum Gasteiger partial charge on any atom is -0.454 e. The topological polar surface area (TPSA) is 43.4 Å². The van der Waals surface area contributed by atoms with Gasteiger partial charge in [0, 0.05) is 5.56 Å². The van der Waals surface area contributed by atoms with Crippen LogP contribution in [0.1, 0.15) is 31.8 Å². The van der Waals surface area contributed by atoms with E-state index in [1.807, 2.05) is 42.5 Å². The van der Waals surface area contributed by atoms with Crippen LogP contribution in [0, 0.1) is 0 Å². The standard InChI is InChI=1S/C22H17ClO3/c23-20-13-7-6-12-19(20)21(24)15-26-22(25)18-11-5-4-10-17(18)14-16-8-2-1-3-9-16/h1-13H,14-15H2. The molecule has 0 amide bonds. The Kier molecular flexibility index (Phi) is 5.82. The van der Waals surface area contributed by atoms with E-state index >= 15 is 0 Å². The quantitative estimate of drug-likeness (QED) is 0.458. The molecule has 3 aromatic rings. The van der Waals surface area contributed by atoms with Crippen LogP contribution in [-0.4, -0.2) is 18.4 Å². The lowest BCUT2D eigenvalue weighted by atomic mass is 10.00. The van der Waals surface area contributed by atoms with Gasteiger partial charge in [-0.05, 0) is 35.7 Å². The molecule has 0 fully saturated rings. The van der Waals surface area contributed by atoms with Crippen LogP contribution in [0.5, 0.6) is 0 Å². The second kappa shape index (κ2) is 8.45. The van der Waals surface area contributed by atoms with Crippen molar-refractivity contribution in [2.24, 2.45) is 0 Å². The fourth-order valence-electron chi connectivity index (χ4n) is 2.66. The normalized spacial score (nSPS) is 10.3. The maximum atomic E-state index is 12.5. The van der Waals surface area contributed by atoms with Crippen molar-refractivity contribution in [2.45, 2.75) is 6.42 Å². The molecule has 0 aliphatic carbocycles. The van der Waals surface area contributed by atoms with Crippen LogP contribution in [0.15, 0.2) is 78.9 Å². The fourth-order valence-corrected chi connectivity index (χ4v) is 2.90. The number of hydrogen-bond donors (Lipinski definition) is 0. The van der Waals surface area contributed by atoms with Crippen molar-refractivity contribution in [2.75, 3.05) is 6.61 Å². The lowest BCUT2D eigenvalue weighted by molar-refractivity contribution is 0.0474. The number of carbonyl (C=O) groups excluding carboxylic acids is 2. The van der Waals surface area contributed by atoms with E-state index in [1.54, 1.807) is 36.4 Å². The van der Waals surface area contributed by atoms with E-state index in [-0.39, 0.29) is 12.4 Å². The van der Waals surface area contributed by atoms with E-state index < -0.39 is 5.97 Å². The summed E-state index contributed by atoms with van der Waals surface area (Å²) in [5.41, 5.74) is 2.76. The molecular formula is C22H17ClO3. The highest BCUT2D eigenvalue weighted by Crippen LogP contribution is 2.18. The Labute approximate surface area is 157 Å². The van der Waals surface area contributed by atoms with Gasteiger partial charge in [-0.25, -0.2) is 4.79 Å². The molecule has 3 nitrogen and oxygen atoms in total. The number of ether oxygens (including phenoxy) is 1. The van der Waals surface area contributed by atoms with Crippen molar-refractivity contribution >= 4 is 23.4 Å². The number of ketones is 1. The first kappa shape index (κ1) is 17.9. The van der Waals surface area contributed by atoms with Gasteiger partial charge in [0.1, 0.15) is 0 Å². The summed E-state index contributed by atoms with van der Waals surface area (Å²) in [5, 5.41) is 0.345. The molecule has 3 rings (SSSR count). The summed E-state index contributed by atoms with van der Waals surface area (Å²) in [5.74, 6) is -0.846. The molecule has 130 valence electrons. The van der Waals surface area contributed by atoms with E-state index in [9.17, 15) is 9.59 Å². The highest BCUT2D eigenvalue weighted by Gasteiger charge is 2.16. The second-order valence-corrected chi connectivity index (χ2v) is 6.21. The third kappa shape index (κ3) is 4.38. The van der Waals surface area contributed by atoms with Crippen LogP contribution >= 0.6 is 11.6 Å². The van der Waals surface area contributed by atoms with E-state index in [1.165, 1.54) is 0 Å². The second-order valence-electron chi connectivity index (χ2n) is 5.80. The summed E-state index contributed by atoms with van der Waals surface area (Å²) in [4.78, 5) is 24.7. The fraction of sp³-hybridized carbons (Fsp3) is 0.0909. The van der Waals surface area contributed by atoms with Crippen molar-refractivity contribution in [1.29, 1.82) is 0 Å². The molecule has 0 bridgehead atoms. The summed E-state index contributed by atoms with van der Waals surface area (Å²) >= 11 is 6.01. The first-order chi connectivity index (χ1) is 12.6. The molecule has 0 aromatic heterocycles. The van der Waals surface area contributed by atoms with Crippen molar-refractivity contribution in [1.82, 2.24) is 0 Å². The lowest BCUT2D eigenvalue weighted by Crippen LogP contribution is -2.16. The minimum absolute atomic E-state index is 0.329. The molecule has 0 aliphatic heterocycles. The largest absolute Gasteiger partial charge is 0.454 e. The molecule has 3 aromatic carbocycles. The summed E-state index contributed by atoms with van der Waals surface area (Å²) in [6.45, 7) is -0.345. The molecule has 26 heavy (non-hydrogen) atoms. The number of Topliss-reactive ketones (excluding diaryl/α,β-unsaturated/α-hetero) is 1. The van der Waals surface area contributed by atoms with Gasteiger partial charge in [-0.2, -0.15) is 0 Å². The Bertz CT molecular complexity index is 919. The van der Waals surface area contributed by atoms with Gasteiger partial charge >= 0.3 is 5.97 Å². The zero-order valence-corrected chi connectivity index (χ0v) is 14.8. The highest BCUT2D eigenvalue weighted by molar-refractivity contribution is 6.34. The van der Waals surface area contributed by atoms with Crippen molar-refractivity contribution < 1.29 is 14.3 Å². The van der Waals surface area contributed by atoms with Gasteiger partial charge in [0.05, 0.1) is 10.6 Å². The lowest BCUT2D eigenvalue weighted by Gasteiger charge is -2.10. The summed E-state index contributed by atoms with van der Waals surface area (Å²) < 4.78 is 5.23. The molecule has 0 N–H and O–H groups in total. The minimum atomic E-state index is -0.517. The maximum Gasteiger partial charge on any atom is 0.338 e. The molecule has 0 atom stereocenters. The predicted molar refractivity (Wildman–Crippen MR) is 102 cm³/mol. The molecular weight excluding hydrogens is 348 g/mol. The zero-order chi connectivity index (χ0) is 18.4. The summed E-state index contributed by atoms with van der Waals surface area (Å²) in [6, 6.07) is 23.8. The van der Waals surface area contributed by atoms with Gasteiger partial charge in [-0.1, -0.05) is 72.3 Å². The number of halogens is 1. The third-order valence-corrected chi connectivity index (χ3v) is 4.31. The van der Waals surface area contributed by atoms with E-state index in [4.69, 9.17) is 16.3 Å². The first-order valence-electron chi connectivity index (χ1n) is 8.22. The first-order valence-corrected chi connectivity index (χ1v) is 8.59. The van der Waals surface area contributed by atoms with E-state index in [0.717, 1.165) is 11.1 Å². The molecule has 0 saturated heterocycles. The van der Waals surface area contributed by atoms with Crippen molar-refractivity contribution in [3.05, 3.63) is 106 Å². The van der Waals surface area contributed by atoms with E-state index in [2.05, 4.69) is 0 Å². The van der Waals surface area contributed by atoms with Gasteiger partial charge < -0.3 is 4.74 Å². The average molecular weight is 365 g/mol. The van der Waals surface area contributed by atoms with Crippen molar-refractivity contribution in [3.8, 4) is 0 Å². The van der Waals surface area contributed by atoms with Gasteiger partial charge in [0.15, 0.2) is 6.61 Å². The van der Waals surface area contributed by atoms with E-state index in [0.29, 0.717) is 22.6 Å². The molecule has 4 heteroatoms. The molecule has 0 aliphatic rings. The Morgan fingerprint density at radius 1 is 0.769 bits per heavy atom. The smallest absolute Gasteiger partial charge is 0.338 e.